The van der Waals surface area contributed by atoms with Gasteiger partial charge in [0.25, 0.3) is 0 Å². The average Bonchev–Trinajstić information content (AvgIpc) is 2.94. The van der Waals surface area contributed by atoms with Crippen LogP contribution in [0.15, 0.2) is 18.6 Å². The Labute approximate surface area is 84.8 Å². The van der Waals surface area contributed by atoms with Gasteiger partial charge in [0.05, 0.1) is 18.2 Å². The van der Waals surface area contributed by atoms with Gasteiger partial charge < -0.3 is 9.88 Å². The second-order valence-corrected chi connectivity index (χ2v) is 3.89. The quantitative estimate of drug-likeness (QED) is 0.787. The first-order valence-electron chi connectivity index (χ1n) is 5.18. The molecule has 0 spiro atoms. The molecule has 0 aromatic carbocycles. The van der Waals surface area contributed by atoms with Gasteiger partial charge in [0.1, 0.15) is 0 Å². The van der Waals surface area contributed by atoms with E-state index in [1.54, 1.807) is 0 Å². The van der Waals surface area contributed by atoms with E-state index >= 15 is 0 Å². The zero-order valence-corrected chi connectivity index (χ0v) is 8.77. The molecule has 1 aromatic heterocycles. The van der Waals surface area contributed by atoms with Crippen molar-refractivity contribution < 1.29 is 0 Å². The van der Waals surface area contributed by atoms with Gasteiger partial charge in [0.2, 0.25) is 0 Å². The van der Waals surface area contributed by atoms with Crippen LogP contribution in [0.5, 0.6) is 0 Å². The molecular formula is C11H17N3. The Bertz CT molecular complexity index is 323. The SMILES string of the molecule is CNC(C)/C=C/c1cncn1C1CC1. The van der Waals surface area contributed by atoms with Crippen molar-refractivity contribution in [2.75, 3.05) is 7.05 Å². The van der Waals surface area contributed by atoms with Crippen LogP contribution in [0, 0.1) is 0 Å². The lowest BCUT2D eigenvalue weighted by atomic mass is 10.3. The number of nitrogens with zero attached hydrogens (tertiary/aromatic N) is 2. The average molecular weight is 191 g/mol. The van der Waals surface area contributed by atoms with Crippen molar-refractivity contribution in [3.8, 4) is 0 Å². The molecule has 1 heterocycles. The molecule has 1 fully saturated rings. The molecule has 0 aliphatic heterocycles. The Morgan fingerprint density at radius 1 is 1.64 bits per heavy atom. The zero-order valence-electron chi connectivity index (χ0n) is 8.77. The van der Waals surface area contributed by atoms with E-state index in [1.807, 2.05) is 19.6 Å². The topological polar surface area (TPSA) is 29.9 Å². The first-order valence-corrected chi connectivity index (χ1v) is 5.18. The largest absolute Gasteiger partial charge is 0.328 e. The van der Waals surface area contributed by atoms with Crippen LogP contribution in [0.3, 0.4) is 0 Å². The van der Waals surface area contributed by atoms with Crippen molar-refractivity contribution in [3.63, 3.8) is 0 Å². The number of hydrogen-bond donors (Lipinski definition) is 1. The van der Waals surface area contributed by atoms with Crippen LogP contribution < -0.4 is 5.32 Å². The monoisotopic (exact) mass is 191 g/mol. The molecule has 1 aromatic rings. The van der Waals surface area contributed by atoms with E-state index in [1.165, 1.54) is 18.5 Å². The van der Waals surface area contributed by atoms with E-state index in [2.05, 4.69) is 33.9 Å². The highest BCUT2D eigenvalue weighted by Crippen LogP contribution is 2.35. The molecule has 76 valence electrons. The normalized spacial score (nSPS) is 19.0. The second kappa shape index (κ2) is 3.96. The summed E-state index contributed by atoms with van der Waals surface area (Å²) in [5, 5.41) is 3.18. The van der Waals surface area contributed by atoms with Gasteiger partial charge in [-0.1, -0.05) is 6.08 Å². The van der Waals surface area contributed by atoms with Gasteiger partial charge in [-0.25, -0.2) is 4.98 Å². The highest BCUT2D eigenvalue weighted by Gasteiger charge is 2.24. The molecule has 0 saturated heterocycles. The van der Waals surface area contributed by atoms with Gasteiger partial charge in [-0.15, -0.1) is 0 Å². The third-order valence-electron chi connectivity index (χ3n) is 2.65. The van der Waals surface area contributed by atoms with Crippen LogP contribution in [-0.4, -0.2) is 22.6 Å². The molecule has 1 unspecified atom stereocenters. The standard InChI is InChI=1S/C11H17N3/c1-9(12-2)3-4-11-7-13-8-14(11)10-5-6-10/h3-4,7-10,12H,5-6H2,1-2H3/b4-3+. The Hall–Kier alpha value is -1.09. The number of hydrogen-bond acceptors (Lipinski definition) is 2. The highest BCUT2D eigenvalue weighted by molar-refractivity contribution is 5.45. The molecule has 0 amide bonds. The third-order valence-corrected chi connectivity index (χ3v) is 2.65. The van der Waals surface area contributed by atoms with Gasteiger partial charge >= 0.3 is 0 Å². The van der Waals surface area contributed by atoms with Gasteiger partial charge in [-0.05, 0) is 32.9 Å². The lowest BCUT2D eigenvalue weighted by molar-refractivity contribution is 0.722. The number of aromatic nitrogens is 2. The van der Waals surface area contributed by atoms with Crippen molar-refractivity contribution >= 4 is 6.08 Å². The van der Waals surface area contributed by atoms with E-state index in [9.17, 15) is 0 Å². The second-order valence-electron chi connectivity index (χ2n) is 3.89. The molecule has 1 atom stereocenters. The minimum atomic E-state index is 0.414. The van der Waals surface area contributed by atoms with Crippen molar-refractivity contribution in [3.05, 3.63) is 24.3 Å². The summed E-state index contributed by atoms with van der Waals surface area (Å²) in [6, 6.07) is 1.12. The molecule has 3 heteroatoms. The minimum Gasteiger partial charge on any atom is -0.328 e. The summed E-state index contributed by atoms with van der Waals surface area (Å²) in [6.45, 7) is 2.13. The molecule has 3 nitrogen and oxygen atoms in total. The van der Waals surface area contributed by atoms with Gasteiger partial charge in [-0.3, -0.25) is 0 Å². The van der Waals surface area contributed by atoms with Crippen molar-refractivity contribution in [2.24, 2.45) is 0 Å². The maximum atomic E-state index is 4.18. The summed E-state index contributed by atoms with van der Waals surface area (Å²) in [7, 11) is 1.97. The molecule has 1 N–H and O–H groups in total. The number of rotatable bonds is 4. The summed E-state index contributed by atoms with van der Waals surface area (Å²) in [6.07, 6.45) is 10.8. The molecule has 2 rings (SSSR count). The van der Waals surface area contributed by atoms with E-state index in [0.29, 0.717) is 12.1 Å². The summed E-state index contributed by atoms with van der Waals surface area (Å²) >= 11 is 0. The molecule has 14 heavy (non-hydrogen) atoms. The van der Waals surface area contributed by atoms with Gasteiger partial charge in [0, 0.05) is 12.1 Å². The van der Waals surface area contributed by atoms with Crippen LogP contribution in [0.1, 0.15) is 31.5 Å². The van der Waals surface area contributed by atoms with Gasteiger partial charge in [0.15, 0.2) is 0 Å². The molecule has 1 aliphatic rings. The van der Waals surface area contributed by atoms with E-state index in [-0.39, 0.29) is 0 Å². The fraction of sp³-hybridized carbons (Fsp3) is 0.545. The summed E-state index contributed by atoms with van der Waals surface area (Å²) in [5.74, 6) is 0. The maximum absolute atomic E-state index is 4.18. The smallest absolute Gasteiger partial charge is 0.0953 e. The lowest BCUT2D eigenvalue weighted by Gasteiger charge is -2.04. The van der Waals surface area contributed by atoms with Gasteiger partial charge in [-0.2, -0.15) is 0 Å². The molecule has 0 radical (unpaired) electrons. The first-order chi connectivity index (χ1) is 6.81. The number of nitrogens with one attached hydrogen (secondary N) is 1. The van der Waals surface area contributed by atoms with E-state index in [0.717, 1.165) is 0 Å². The number of imidazole rings is 1. The molecular weight excluding hydrogens is 174 g/mol. The summed E-state index contributed by atoms with van der Waals surface area (Å²) in [5.41, 5.74) is 1.22. The zero-order chi connectivity index (χ0) is 9.97. The van der Waals surface area contributed by atoms with Crippen LogP contribution in [0.4, 0.5) is 0 Å². The highest BCUT2D eigenvalue weighted by atomic mass is 15.1. The van der Waals surface area contributed by atoms with E-state index in [4.69, 9.17) is 0 Å². The maximum Gasteiger partial charge on any atom is 0.0953 e. The van der Waals surface area contributed by atoms with Crippen molar-refractivity contribution in [1.29, 1.82) is 0 Å². The molecule has 0 bridgehead atoms. The summed E-state index contributed by atoms with van der Waals surface area (Å²) in [4.78, 5) is 4.18. The third kappa shape index (κ3) is 2.04. The first kappa shape index (κ1) is 9.46. The van der Waals surface area contributed by atoms with Crippen LogP contribution in [0.2, 0.25) is 0 Å². The number of likely N-dealkylation sites (N-methyl/N-ethyl adjacent to an activating group) is 1. The van der Waals surface area contributed by atoms with E-state index < -0.39 is 0 Å². The van der Waals surface area contributed by atoms with Crippen molar-refractivity contribution in [2.45, 2.75) is 31.8 Å². The fourth-order valence-electron chi connectivity index (χ4n) is 1.44. The Kier molecular flexibility index (Phi) is 2.68. The Morgan fingerprint density at radius 3 is 3.07 bits per heavy atom. The predicted octanol–water partition coefficient (Wildman–Crippen LogP) is 1.84. The fourth-order valence-corrected chi connectivity index (χ4v) is 1.44. The Morgan fingerprint density at radius 2 is 2.43 bits per heavy atom. The summed E-state index contributed by atoms with van der Waals surface area (Å²) < 4.78 is 2.26. The Balaban J connectivity index is 2.07. The minimum absolute atomic E-state index is 0.414. The van der Waals surface area contributed by atoms with Crippen LogP contribution in [-0.2, 0) is 0 Å². The molecule has 1 saturated carbocycles. The predicted molar refractivity (Wildman–Crippen MR) is 58.1 cm³/mol. The lowest BCUT2D eigenvalue weighted by Crippen LogP contribution is -2.17. The van der Waals surface area contributed by atoms with Crippen LogP contribution in [0.25, 0.3) is 6.08 Å². The van der Waals surface area contributed by atoms with Crippen molar-refractivity contribution in [1.82, 2.24) is 14.9 Å². The van der Waals surface area contributed by atoms with Crippen LogP contribution >= 0.6 is 0 Å². The molecule has 1 aliphatic carbocycles.